The predicted molar refractivity (Wildman–Crippen MR) is 79.2 cm³/mol. The quantitative estimate of drug-likeness (QED) is 0.845. The number of hydrogen-bond donors (Lipinski definition) is 1. The molecule has 0 aliphatic carbocycles. The fourth-order valence-corrected chi connectivity index (χ4v) is 3.18. The Morgan fingerprint density at radius 2 is 2.00 bits per heavy atom. The third-order valence-corrected chi connectivity index (χ3v) is 4.13. The molecule has 0 bridgehead atoms. The Bertz CT molecular complexity index is 382. The van der Waals surface area contributed by atoms with Gasteiger partial charge in [-0.25, -0.2) is 4.39 Å². The van der Waals surface area contributed by atoms with E-state index in [9.17, 15) is 4.39 Å². The Morgan fingerprint density at radius 1 is 1.26 bits per heavy atom. The smallest absolute Gasteiger partial charge is 0.123 e. The number of rotatable bonds is 6. The number of likely N-dealkylation sites (N-methyl/N-ethyl adjacent to an activating group) is 1. The van der Waals surface area contributed by atoms with Gasteiger partial charge in [0.05, 0.1) is 0 Å². The van der Waals surface area contributed by atoms with Crippen LogP contribution in [0.15, 0.2) is 24.3 Å². The van der Waals surface area contributed by atoms with E-state index in [4.69, 9.17) is 0 Å². The molecular weight excluding hydrogens is 239 g/mol. The standard InChI is InChI=1S/C16H25FN2/c1-3-10-16(11-5-12-18-16)13-19(4-2)15-8-6-14(17)7-9-15/h6-9,18H,3-5,10-13H2,1-2H3. The highest BCUT2D eigenvalue weighted by molar-refractivity contribution is 5.46. The Morgan fingerprint density at radius 3 is 2.53 bits per heavy atom. The summed E-state index contributed by atoms with van der Waals surface area (Å²) in [4.78, 5) is 2.35. The van der Waals surface area contributed by atoms with Crippen LogP contribution in [0.5, 0.6) is 0 Å². The highest BCUT2D eigenvalue weighted by atomic mass is 19.1. The van der Waals surface area contributed by atoms with E-state index in [1.54, 1.807) is 12.1 Å². The van der Waals surface area contributed by atoms with Crippen LogP contribution >= 0.6 is 0 Å². The van der Waals surface area contributed by atoms with E-state index in [-0.39, 0.29) is 11.4 Å². The summed E-state index contributed by atoms with van der Waals surface area (Å²) in [5.41, 5.74) is 1.37. The van der Waals surface area contributed by atoms with Gasteiger partial charge in [-0.3, -0.25) is 0 Å². The lowest BCUT2D eigenvalue weighted by atomic mass is 9.91. The third-order valence-electron chi connectivity index (χ3n) is 4.13. The molecule has 0 amide bonds. The van der Waals surface area contributed by atoms with Crippen molar-refractivity contribution in [1.29, 1.82) is 0 Å². The minimum atomic E-state index is -0.165. The van der Waals surface area contributed by atoms with Crippen LogP contribution in [0.3, 0.4) is 0 Å². The van der Waals surface area contributed by atoms with Crippen molar-refractivity contribution in [2.45, 2.75) is 45.1 Å². The first-order valence-electron chi connectivity index (χ1n) is 7.44. The van der Waals surface area contributed by atoms with Crippen molar-refractivity contribution in [1.82, 2.24) is 5.32 Å². The van der Waals surface area contributed by atoms with Crippen molar-refractivity contribution in [3.8, 4) is 0 Å². The molecule has 1 aromatic rings. The summed E-state index contributed by atoms with van der Waals surface area (Å²) in [5.74, 6) is -0.165. The molecule has 3 heteroatoms. The van der Waals surface area contributed by atoms with Crippen molar-refractivity contribution in [3.05, 3.63) is 30.1 Å². The summed E-state index contributed by atoms with van der Waals surface area (Å²) in [6.45, 7) is 7.51. The zero-order valence-electron chi connectivity index (χ0n) is 12.1. The molecule has 0 radical (unpaired) electrons. The van der Waals surface area contributed by atoms with Crippen LogP contribution in [-0.2, 0) is 0 Å². The minimum absolute atomic E-state index is 0.165. The molecule has 1 aliphatic heterocycles. The van der Waals surface area contributed by atoms with Crippen molar-refractivity contribution >= 4 is 5.69 Å². The Kier molecular flexibility index (Phi) is 4.81. The molecule has 1 aliphatic rings. The molecular formula is C16H25FN2. The van der Waals surface area contributed by atoms with Crippen LogP contribution in [-0.4, -0.2) is 25.2 Å². The van der Waals surface area contributed by atoms with Crippen molar-refractivity contribution in [3.63, 3.8) is 0 Å². The van der Waals surface area contributed by atoms with Gasteiger partial charge in [0.15, 0.2) is 0 Å². The van der Waals surface area contributed by atoms with Crippen LogP contribution in [0.4, 0.5) is 10.1 Å². The molecule has 106 valence electrons. The second-order valence-corrected chi connectivity index (χ2v) is 5.55. The van der Waals surface area contributed by atoms with Crippen LogP contribution in [0.25, 0.3) is 0 Å². The summed E-state index contributed by atoms with van der Waals surface area (Å²) in [6, 6.07) is 6.86. The van der Waals surface area contributed by atoms with Gasteiger partial charge in [0, 0.05) is 24.3 Å². The zero-order valence-corrected chi connectivity index (χ0v) is 12.1. The van der Waals surface area contributed by atoms with Gasteiger partial charge in [0.2, 0.25) is 0 Å². The van der Waals surface area contributed by atoms with E-state index >= 15 is 0 Å². The molecule has 1 aromatic carbocycles. The van der Waals surface area contributed by atoms with Gasteiger partial charge < -0.3 is 10.2 Å². The molecule has 2 nitrogen and oxygen atoms in total. The molecule has 1 saturated heterocycles. The first-order chi connectivity index (χ1) is 9.19. The second-order valence-electron chi connectivity index (χ2n) is 5.55. The summed E-state index contributed by atoms with van der Waals surface area (Å²) in [7, 11) is 0. The molecule has 0 saturated carbocycles. The summed E-state index contributed by atoms with van der Waals surface area (Å²) in [6.07, 6.45) is 4.93. The van der Waals surface area contributed by atoms with Gasteiger partial charge in [-0.1, -0.05) is 13.3 Å². The van der Waals surface area contributed by atoms with Gasteiger partial charge in [-0.05, 0) is 57.0 Å². The highest BCUT2D eigenvalue weighted by Crippen LogP contribution is 2.28. The maximum Gasteiger partial charge on any atom is 0.123 e. The Labute approximate surface area is 116 Å². The lowest BCUT2D eigenvalue weighted by molar-refractivity contribution is 0.345. The van der Waals surface area contributed by atoms with Crippen LogP contribution in [0, 0.1) is 5.82 Å². The number of nitrogens with one attached hydrogen (secondary N) is 1. The molecule has 0 spiro atoms. The van der Waals surface area contributed by atoms with Gasteiger partial charge in [0.1, 0.15) is 5.82 Å². The van der Waals surface area contributed by atoms with E-state index < -0.39 is 0 Å². The molecule has 1 atom stereocenters. The largest absolute Gasteiger partial charge is 0.370 e. The predicted octanol–water partition coefficient (Wildman–Crippen LogP) is 3.57. The number of nitrogens with zero attached hydrogens (tertiary/aromatic N) is 1. The molecule has 2 rings (SSSR count). The van der Waals surface area contributed by atoms with Crippen LogP contribution < -0.4 is 10.2 Å². The fourth-order valence-electron chi connectivity index (χ4n) is 3.18. The van der Waals surface area contributed by atoms with Gasteiger partial charge >= 0.3 is 0 Å². The van der Waals surface area contributed by atoms with Crippen molar-refractivity contribution in [2.75, 3.05) is 24.5 Å². The monoisotopic (exact) mass is 264 g/mol. The fraction of sp³-hybridized carbons (Fsp3) is 0.625. The molecule has 1 unspecified atom stereocenters. The molecule has 0 aromatic heterocycles. The first kappa shape index (κ1) is 14.3. The van der Waals surface area contributed by atoms with Crippen molar-refractivity contribution in [2.24, 2.45) is 0 Å². The number of anilines is 1. The van der Waals surface area contributed by atoms with Crippen molar-refractivity contribution < 1.29 is 4.39 Å². The summed E-state index contributed by atoms with van der Waals surface area (Å²) < 4.78 is 13.0. The zero-order chi connectivity index (χ0) is 13.7. The average molecular weight is 264 g/mol. The van der Waals surface area contributed by atoms with Crippen LogP contribution in [0.2, 0.25) is 0 Å². The minimum Gasteiger partial charge on any atom is -0.370 e. The van der Waals surface area contributed by atoms with Gasteiger partial charge in [-0.2, -0.15) is 0 Å². The summed E-state index contributed by atoms with van der Waals surface area (Å²) >= 11 is 0. The molecule has 19 heavy (non-hydrogen) atoms. The average Bonchev–Trinajstić information content (AvgIpc) is 2.86. The van der Waals surface area contributed by atoms with E-state index in [1.807, 2.05) is 12.1 Å². The second kappa shape index (κ2) is 6.38. The Balaban J connectivity index is 2.11. The molecule has 1 N–H and O–H groups in total. The first-order valence-corrected chi connectivity index (χ1v) is 7.44. The number of halogens is 1. The van der Waals surface area contributed by atoms with E-state index in [2.05, 4.69) is 24.1 Å². The summed E-state index contributed by atoms with van der Waals surface area (Å²) in [5, 5.41) is 3.70. The van der Waals surface area contributed by atoms with Gasteiger partial charge in [-0.15, -0.1) is 0 Å². The lowest BCUT2D eigenvalue weighted by Crippen LogP contribution is -2.50. The van der Waals surface area contributed by atoms with Crippen LogP contribution in [0.1, 0.15) is 39.5 Å². The topological polar surface area (TPSA) is 15.3 Å². The van der Waals surface area contributed by atoms with E-state index in [0.717, 1.165) is 25.3 Å². The number of hydrogen-bond acceptors (Lipinski definition) is 2. The Hall–Kier alpha value is -1.09. The maximum atomic E-state index is 13.0. The highest BCUT2D eigenvalue weighted by Gasteiger charge is 2.34. The normalized spacial score (nSPS) is 22.7. The maximum absolute atomic E-state index is 13.0. The van der Waals surface area contributed by atoms with Gasteiger partial charge in [0.25, 0.3) is 0 Å². The van der Waals surface area contributed by atoms with E-state index in [0.29, 0.717) is 0 Å². The lowest BCUT2D eigenvalue weighted by Gasteiger charge is -2.36. The SMILES string of the molecule is CCCC1(CN(CC)c2ccc(F)cc2)CCCN1. The van der Waals surface area contributed by atoms with E-state index in [1.165, 1.54) is 25.7 Å². The third kappa shape index (κ3) is 3.47. The number of benzene rings is 1. The molecule has 1 heterocycles. The molecule has 1 fully saturated rings.